The molecule has 0 saturated heterocycles. The van der Waals surface area contributed by atoms with Gasteiger partial charge in [-0.2, -0.15) is 0 Å². The normalized spacial score (nSPS) is 11.8. The van der Waals surface area contributed by atoms with Gasteiger partial charge in [0.05, 0.1) is 11.6 Å². The Hall–Kier alpha value is -0.370. The zero-order valence-electron chi connectivity index (χ0n) is 11.7. The third kappa shape index (κ3) is 5.73. The van der Waals surface area contributed by atoms with Crippen molar-refractivity contribution < 1.29 is 18.3 Å². The standard InChI is InChI=1S/C13H19Cl2NO4S/c1-2-5-20-6-3-4-16-21(18,19)12-8-11(14)7-10(9-17)13(12)15/h7-8,16-17H,2-6,9H2,1H3. The molecule has 0 spiro atoms. The van der Waals surface area contributed by atoms with Crippen LogP contribution in [0, 0.1) is 0 Å². The summed E-state index contributed by atoms with van der Waals surface area (Å²) in [5.41, 5.74) is 0.274. The van der Waals surface area contributed by atoms with Crippen LogP contribution < -0.4 is 4.72 Å². The molecule has 5 nitrogen and oxygen atoms in total. The Labute approximate surface area is 135 Å². The van der Waals surface area contributed by atoms with Crippen LogP contribution in [-0.4, -0.2) is 33.3 Å². The molecule has 1 aromatic rings. The summed E-state index contributed by atoms with van der Waals surface area (Å²) in [5.74, 6) is 0. The van der Waals surface area contributed by atoms with Crippen molar-refractivity contribution in [3.05, 3.63) is 27.7 Å². The van der Waals surface area contributed by atoms with Crippen molar-refractivity contribution in [1.82, 2.24) is 4.72 Å². The van der Waals surface area contributed by atoms with Crippen LogP contribution in [0.15, 0.2) is 17.0 Å². The second-order valence-electron chi connectivity index (χ2n) is 4.40. The molecule has 0 aliphatic carbocycles. The van der Waals surface area contributed by atoms with E-state index in [0.29, 0.717) is 19.6 Å². The van der Waals surface area contributed by atoms with E-state index in [0.717, 1.165) is 6.42 Å². The summed E-state index contributed by atoms with van der Waals surface area (Å²) in [6, 6.07) is 2.69. The summed E-state index contributed by atoms with van der Waals surface area (Å²) in [6.07, 6.45) is 1.48. The SMILES string of the molecule is CCCOCCCNS(=O)(=O)c1cc(Cl)cc(CO)c1Cl. The minimum Gasteiger partial charge on any atom is -0.392 e. The molecule has 2 N–H and O–H groups in total. The molecule has 120 valence electrons. The Kier molecular flexibility index (Phi) is 7.94. The van der Waals surface area contributed by atoms with Gasteiger partial charge in [-0.15, -0.1) is 0 Å². The van der Waals surface area contributed by atoms with Gasteiger partial charge in [-0.1, -0.05) is 30.1 Å². The molecule has 8 heteroatoms. The first kappa shape index (κ1) is 18.7. The van der Waals surface area contributed by atoms with Gasteiger partial charge in [-0.25, -0.2) is 13.1 Å². The number of ether oxygens (including phenoxy) is 1. The third-order valence-corrected chi connectivity index (χ3v) is 4.91. The number of aliphatic hydroxyl groups is 1. The number of sulfonamides is 1. The molecular formula is C13H19Cl2NO4S. The smallest absolute Gasteiger partial charge is 0.242 e. The number of aliphatic hydroxyl groups excluding tert-OH is 1. The van der Waals surface area contributed by atoms with Gasteiger partial charge >= 0.3 is 0 Å². The lowest BCUT2D eigenvalue weighted by Crippen LogP contribution is -2.26. The van der Waals surface area contributed by atoms with Crippen molar-refractivity contribution >= 4 is 33.2 Å². The first-order valence-electron chi connectivity index (χ1n) is 6.58. The van der Waals surface area contributed by atoms with E-state index < -0.39 is 10.0 Å². The minimum absolute atomic E-state index is 0.0170. The highest BCUT2D eigenvalue weighted by molar-refractivity contribution is 7.89. The minimum atomic E-state index is -3.77. The highest BCUT2D eigenvalue weighted by Gasteiger charge is 2.20. The Morgan fingerprint density at radius 2 is 2.00 bits per heavy atom. The molecule has 0 aromatic heterocycles. The van der Waals surface area contributed by atoms with Crippen LogP contribution in [0.2, 0.25) is 10.0 Å². The maximum absolute atomic E-state index is 12.2. The van der Waals surface area contributed by atoms with Gasteiger partial charge in [0.2, 0.25) is 10.0 Å². The molecule has 0 atom stereocenters. The fraction of sp³-hybridized carbons (Fsp3) is 0.538. The monoisotopic (exact) mass is 355 g/mol. The molecule has 0 radical (unpaired) electrons. The quantitative estimate of drug-likeness (QED) is 0.667. The summed E-state index contributed by atoms with van der Waals surface area (Å²) < 4.78 is 32.1. The number of benzene rings is 1. The number of halogens is 2. The van der Waals surface area contributed by atoms with Gasteiger partial charge in [0, 0.05) is 24.8 Å². The van der Waals surface area contributed by atoms with Crippen molar-refractivity contribution in [3.63, 3.8) is 0 Å². The largest absolute Gasteiger partial charge is 0.392 e. The summed E-state index contributed by atoms with van der Waals surface area (Å²) in [5, 5.41) is 9.34. The highest BCUT2D eigenvalue weighted by atomic mass is 35.5. The lowest BCUT2D eigenvalue weighted by molar-refractivity contribution is 0.133. The molecule has 21 heavy (non-hydrogen) atoms. The number of rotatable bonds is 9. The molecule has 0 saturated carbocycles. The Balaban J connectivity index is 2.72. The Morgan fingerprint density at radius 1 is 1.29 bits per heavy atom. The number of hydrogen-bond acceptors (Lipinski definition) is 4. The van der Waals surface area contributed by atoms with Crippen molar-refractivity contribution in [2.45, 2.75) is 31.3 Å². The maximum atomic E-state index is 12.2. The number of hydrogen-bond donors (Lipinski definition) is 2. The summed E-state index contributed by atoms with van der Waals surface area (Å²) in [4.78, 5) is -0.129. The first-order chi connectivity index (χ1) is 9.92. The topological polar surface area (TPSA) is 75.6 Å². The van der Waals surface area contributed by atoms with Gasteiger partial charge < -0.3 is 9.84 Å². The van der Waals surface area contributed by atoms with Crippen LogP contribution in [-0.2, 0) is 21.4 Å². The van der Waals surface area contributed by atoms with E-state index in [1.165, 1.54) is 12.1 Å². The molecule has 0 amide bonds. The van der Waals surface area contributed by atoms with Crippen LogP contribution in [0.1, 0.15) is 25.3 Å². The van der Waals surface area contributed by atoms with E-state index in [4.69, 9.17) is 33.0 Å². The highest BCUT2D eigenvalue weighted by Crippen LogP contribution is 2.29. The molecule has 0 fully saturated rings. The van der Waals surface area contributed by atoms with Crippen LogP contribution in [0.5, 0.6) is 0 Å². The van der Waals surface area contributed by atoms with Gasteiger partial charge in [0.1, 0.15) is 4.90 Å². The van der Waals surface area contributed by atoms with E-state index >= 15 is 0 Å². The zero-order chi connectivity index (χ0) is 15.9. The van der Waals surface area contributed by atoms with Crippen molar-refractivity contribution in [2.24, 2.45) is 0 Å². The summed E-state index contributed by atoms with van der Waals surface area (Å²) in [6.45, 7) is 3.01. The van der Waals surface area contributed by atoms with Gasteiger partial charge in [0.25, 0.3) is 0 Å². The fourth-order valence-electron chi connectivity index (χ4n) is 1.63. The van der Waals surface area contributed by atoms with Crippen molar-refractivity contribution in [3.8, 4) is 0 Å². The average Bonchev–Trinajstić information content (AvgIpc) is 2.44. The van der Waals surface area contributed by atoms with Crippen LogP contribution in [0.25, 0.3) is 0 Å². The van der Waals surface area contributed by atoms with Gasteiger partial charge in [0.15, 0.2) is 0 Å². The van der Waals surface area contributed by atoms with E-state index in [-0.39, 0.29) is 33.7 Å². The van der Waals surface area contributed by atoms with Crippen molar-refractivity contribution in [2.75, 3.05) is 19.8 Å². The fourth-order valence-corrected chi connectivity index (χ4v) is 3.63. The Morgan fingerprint density at radius 3 is 2.62 bits per heavy atom. The molecule has 0 heterocycles. The van der Waals surface area contributed by atoms with Gasteiger partial charge in [-0.3, -0.25) is 0 Å². The average molecular weight is 356 g/mol. The maximum Gasteiger partial charge on any atom is 0.242 e. The molecule has 0 unspecified atom stereocenters. The van der Waals surface area contributed by atoms with Crippen LogP contribution in [0.3, 0.4) is 0 Å². The molecule has 0 aliphatic heterocycles. The zero-order valence-corrected chi connectivity index (χ0v) is 14.1. The van der Waals surface area contributed by atoms with E-state index in [1.807, 2.05) is 6.92 Å². The molecule has 1 rings (SSSR count). The predicted octanol–water partition coefficient (Wildman–Crippen LogP) is 2.58. The first-order valence-corrected chi connectivity index (χ1v) is 8.82. The third-order valence-electron chi connectivity index (χ3n) is 2.65. The molecular weight excluding hydrogens is 337 g/mol. The summed E-state index contributed by atoms with van der Waals surface area (Å²) >= 11 is 11.8. The molecule has 1 aromatic carbocycles. The van der Waals surface area contributed by atoms with E-state index in [1.54, 1.807) is 0 Å². The lowest BCUT2D eigenvalue weighted by Gasteiger charge is -2.11. The van der Waals surface area contributed by atoms with Crippen LogP contribution >= 0.6 is 23.2 Å². The lowest BCUT2D eigenvalue weighted by atomic mass is 10.2. The van der Waals surface area contributed by atoms with E-state index in [9.17, 15) is 8.42 Å². The van der Waals surface area contributed by atoms with Crippen LogP contribution in [0.4, 0.5) is 0 Å². The second-order valence-corrected chi connectivity index (χ2v) is 6.95. The second kappa shape index (κ2) is 8.92. The Bertz CT molecular complexity index is 564. The van der Waals surface area contributed by atoms with Gasteiger partial charge in [-0.05, 0) is 30.5 Å². The van der Waals surface area contributed by atoms with Crippen molar-refractivity contribution in [1.29, 1.82) is 0 Å². The molecule has 0 aliphatic rings. The summed E-state index contributed by atoms with van der Waals surface area (Å²) in [7, 11) is -3.77. The van der Waals surface area contributed by atoms with E-state index in [2.05, 4.69) is 4.72 Å². The molecule has 0 bridgehead atoms. The predicted molar refractivity (Wildman–Crippen MR) is 83.3 cm³/mol. The number of nitrogens with one attached hydrogen (secondary N) is 1.